The van der Waals surface area contributed by atoms with Crippen molar-refractivity contribution in [1.29, 1.82) is 0 Å². The van der Waals surface area contributed by atoms with E-state index in [-0.39, 0.29) is 0 Å². The van der Waals surface area contributed by atoms with E-state index < -0.39 is 13.0 Å². The molecule has 0 bridgehead atoms. The molecule has 0 spiro atoms. The number of benzene rings is 2. The molecule has 1 aromatic heterocycles. The van der Waals surface area contributed by atoms with Crippen LogP contribution in [0.25, 0.3) is 10.9 Å². The van der Waals surface area contributed by atoms with E-state index in [1.165, 1.54) is 0 Å². The Bertz CT molecular complexity index is 862. The number of ether oxygens (including phenoxy) is 2. The van der Waals surface area contributed by atoms with E-state index in [4.69, 9.17) is 9.47 Å². The number of para-hydroxylation sites is 1. The summed E-state index contributed by atoms with van der Waals surface area (Å²) < 4.78 is 37.8. The maximum absolute atomic E-state index is 12.4. The Labute approximate surface area is 151 Å². The lowest BCUT2D eigenvalue weighted by Gasteiger charge is -2.15. The van der Waals surface area contributed by atoms with Crippen LogP contribution in [0, 0.1) is 5.92 Å². The highest BCUT2D eigenvalue weighted by Gasteiger charge is 2.12. The Hall–Kier alpha value is -2.63. The van der Waals surface area contributed by atoms with Crippen molar-refractivity contribution in [3.8, 4) is 11.5 Å². The van der Waals surface area contributed by atoms with Gasteiger partial charge in [-0.2, -0.15) is 5.10 Å². The first kappa shape index (κ1) is 18.2. The number of nitrogens with zero attached hydrogens (tertiary/aromatic N) is 2. The van der Waals surface area contributed by atoms with Crippen molar-refractivity contribution in [3.63, 3.8) is 0 Å². The number of hydrogen-bond acceptors (Lipinski definition) is 3. The molecular weight excluding hydrogens is 338 g/mol. The van der Waals surface area contributed by atoms with Gasteiger partial charge in [0, 0.05) is 10.9 Å². The van der Waals surface area contributed by atoms with E-state index in [1.54, 1.807) is 24.4 Å². The molecule has 4 nitrogen and oxygen atoms in total. The maximum atomic E-state index is 12.4. The molecule has 6 heteroatoms. The summed E-state index contributed by atoms with van der Waals surface area (Å²) in [5, 5.41) is 5.47. The molecule has 0 atom stereocenters. The first-order valence-corrected chi connectivity index (χ1v) is 8.60. The van der Waals surface area contributed by atoms with Crippen LogP contribution in [0.2, 0.25) is 0 Å². The third kappa shape index (κ3) is 4.50. The van der Waals surface area contributed by atoms with Crippen LogP contribution >= 0.6 is 0 Å². The average molecular weight is 360 g/mol. The van der Waals surface area contributed by atoms with Gasteiger partial charge in [0.2, 0.25) is 0 Å². The topological polar surface area (TPSA) is 36.3 Å². The monoisotopic (exact) mass is 360 g/mol. The number of fused-ring (bicyclic) bond motifs is 1. The molecule has 0 fully saturated rings. The molecule has 0 saturated heterocycles. The van der Waals surface area contributed by atoms with E-state index in [1.807, 2.05) is 28.9 Å². The molecule has 0 aliphatic heterocycles. The predicted octanol–water partition coefficient (Wildman–Crippen LogP) is 4.76. The summed E-state index contributed by atoms with van der Waals surface area (Å²) in [5.74, 6) is 1.49. The number of rotatable bonds is 8. The van der Waals surface area contributed by atoms with Crippen LogP contribution in [0.5, 0.6) is 11.5 Å². The summed E-state index contributed by atoms with van der Waals surface area (Å²) in [6.07, 6.45) is -0.702. The molecular formula is C20H22F2N2O2. The second-order valence-electron chi connectivity index (χ2n) is 6.54. The smallest absolute Gasteiger partial charge is 0.272 e. The van der Waals surface area contributed by atoms with Crippen LogP contribution in [0.3, 0.4) is 0 Å². The molecule has 0 aliphatic rings. The fraction of sp³-hybridized carbons (Fsp3) is 0.350. The van der Waals surface area contributed by atoms with Crippen molar-refractivity contribution in [3.05, 3.63) is 54.2 Å². The second-order valence-corrected chi connectivity index (χ2v) is 6.54. The van der Waals surface area contributed by atoms with E-state index in [9.17, 15) is 8.78 Å². The van der Waals surface area contributed by atoms with Crippen molar-refractivity contribution < 1.29 is 18.3 Å². The summed E-state index contributed by atoms with van der Waals surface area (Å²) in [7, 11) is 0. The van der Waals surface area contributed by atoms with Gasteiger partial charge in [0.1, 0.15) is 18.1 Å². The van der Waals surface area contributed by atoms with Crippen molar-refractivity contribution >= 4 is 10.9 Å². The third-order valence-electron chi connectivity index (χ3n) is 3.85. The zero-order valence-corrected chi connectivity index (χ0v) is 14.9. The Morgan fingerprint density at radius 3 is 2.62 bits per heavy atom. The van der Waals surface area contributed by atoms with Crippen LogP contribution in [0.15, 0.2) is 48.7 Å². The van der Waals surface area contributed by atoms with Gasteiger partial charge in [-0.25, -0.2) is 8.78 Å². The van der Waals surface area contributed by atoms with Crippen molar-refractivity contribution in [2.24, 2.45) is 5.92 Å². The quantitative estimate of drug-likeness (QED) is 0.581. The fourth-order valence-electron chi connectivity index (χ4n) is 2.64. The molecule has 26 heavy (non-hydrogen) atoms. The van der Waals surface area contributed by atoms with Gasteiger partial charge in [0.25, 0.3) is 6.43 Å². The van der Waals surface area contributed by atoms with Gasteiger partial charge in [-0.1, -0.05) is 32.0 Å². The van der Waals surface area contributed by atoms with E-state index in [0.717, 1.165) is 16.5 Å². The summed E-state index contributed by atoms with van der Waals surface area (Å²) in [5.41, 5.74) is 1.84. The first-order valence-electron chi connectivity index (χ1n) is 8.60. The van der Waals surface area contributed by atoms with Crippen molar-refractivity contribution in [2.45, 2.75) is 26.8 Å². The molecule has 2 aromatic carbocycles. The van der Waals surface area contributed by atoms with Crippen LogP contribution in [-0.2, 0) is 6.54 Å². The van der Waals surface area contributed by atoms with Gasteiger partial charge < -0.3 is 9.47 Å². The molecule has 0 unspecified atom stereocenters. The summed E-state index contributed by atoms with van der Waals surface area (Å²) >= 11 is 0. The highest BCUT2D eigenvalue weighted by molar-refractivity contribution is 5.78. The van der Waals surface area contributed by atoms with Gasteiger partial charge in [0.05, 0.1) is 24.9 Å². The Kier molecular flexibility index (Phi) is 5.71. The van der Waals surface area contributed by atoms with Crippen molar-refractivity contribution in [1.82, 2.24) is 9.78 Å². The normalized spacial score (nSPS) is 11.5. The zero-order chi connectivity index (χ0) is 18.5. The third-order valence-corrected chi connectivity index (χ3v) is 3.85. The van der Waals surface area contributed by atoms with Crippen molar-refractivity contribution in [2.75, 3.05) is 13.2 Å². The van der Waals surface area contributed by atoms with Gasteiger partial charge in [-0.15, -0.1) is 0 Å². The van der Waals surface area contributed by atoms with Gasteiger partial charge >= 0.3 is 0 Å². The second kappa shape index (κ2) is 8.17. The minimum Gasteiger partial charge on any atom is -0.493 e. The summed E-state index contributed by atoms with van der Waals surface area (Å²) in [6, 6.07) is 13.1. The van der Waals surface area contributed by atoms with Crippen LogP contribution < -0.4 is 9.47 Å². The van der Waals surface area contributed by atoms with E-state index >= 15 is 0 Å². The SMILES string of the molecule is CC(C)COc1ccc(OCC(F)F)cc1Cn1ncc2ccccc21. The Morgan fingerprint density at radius 2 is 1.85 bits per heavy atom. The van der Waals surface area contributed by atoms with Crippen LogP contribution in [0.4, 0.5) is 8.78 Å². The van der Waals surface area contributed by atoms with Gasteiger partial charge in [-0.05, 0) is 30.2 Å². The molecule has 3 rings (SSSR count). The lowest BCUT2D eigenvalue weighted by Crippen LogP contribution is -2.10. The minimum atomic E-state index is -2.51. The largest absolute Gasteiger partial charge is 0.493 e. The molecule has 0 saturated carbocycles. The summed E-state index contributed by atoms with van der Waals surface area (Å²) in [4.78, 5) is 0. The molecule has 1 heterocycles. The predicted molar refractivity (Wildman–Crippen MR) is 97.1 cm³/mol. The highest BCUT2D eigenvalue weighted by Crippen LogP contribution is 2.27. The number of aromatic nitrogens is 2. The highest BCUT2D eigenvalue weighted by atomic mass is 19.3. The van der Waals surface area contributed by atoms with Gasteiger partial charge in [-0.3, -0.25) is 4.68 Å². The van der Waals surface area contributed by atoms with Crippen LogP contribution in [0.1, 0.15) is 19.4 Å². The zero-order valence-electron chi connectivity index (χ0n) is 14.9. The Morgan fingerprint density at radius 1 is 1.04 bits per heavy atom. The maximum Gasteiger partial charge on any atom is 0.272 e. The molecule has 0 aliphatic carbocycles. The average Bonchev–Trinajstić information content (AvgIpc) is 3.02. The molecule has 0 amide bonds. The van der Waals surface area contributed by atoms with E-state index in [0.29, 0.717) is 30.6 Å². The number of alkyl halides is 2. The molecule has 0 N–H and O–H groups in total. The molecule has 0 radical (unpaired) electrons. The number of halogens is 2. The molecule has 3 aromatic rings. The van der Waals surface area contributed by atoms with Crippen LogP contribution in [-0.4, -0.2) is 29.4 Å². The standard InChI is InChI=1S/C20H22F2N2O2/c1-14(2)12-26-19-8-7-17(25-13-20(21)22)9-16(19)11-24-18-6-4-3-5-15(18)10-23-24/h3-10,14,20H,11-13H2,1-2H3. The summed E-state index contributed by atoms with van der Waals surface area (Å²) in [6.45, 7) is 4.55. The number of hydrogen-bond donors (Lipinski definition) is 0. The molecule has 138 valence electrons. The van der Waals surface area contributed by atoms with E-state index in [2.05, 4.69) is 18.9 Å². The fourth-order valence-corrected chi connectivity index (χ4v) is 2.64. The lowest BCUT2D eigenvalue weighted by atomic mass is 10.1. The van der Waals surface area contributed by atoms with Gasteiger partial charge in [0.15, 0.2) is 0 Å². The minimum absolute atomic E-state index is 0.378. The Balaban J connectivity index is 1.88. The first-order chi connectivity index (χ1) is 12.5. The lowest BCUT2D eigenvalue weighted by molar-refractivity contribution is 0.0818.